The molecule has 1 aromatic heterocycles. The third kappa shape index (κ3) is 5.06. The summed E-state index contributed by atoms with van der Waals surface area (Å²) in [6.07, 6.45) is 3.44. The van der Waals surface area contributed by atoms with Crippen LogP contribution >= 0.6 is 11.8 Å². The van der Waals surface area contributed by atoms with Crippen LogP contribution in [-0.4, -0.2) is 40.4 Å². The molecule has 0 spiro atoms. The number of aromatic carboxylic acids is 1. The lowest BCUT2D eigenvalue weighted by atomic mass is 10.2. The lowest BCUT2D eigenvalue weighted by molar-refractivity contribution is 0.0690. The molecule has 0 bridgehead atoms. The van der Waals surface area contributed by atoms with Crippen LogP contribution in [0.5, 0.6) is 0 Å². The van der Waals surface area contributed by atoms with Gasteiger partial charge in [-0.05, 0) is 42.7 Å². The van der Waals surface area contributed by atoms with Crippen molar-refractivity contribution in [2.45, 2.75) is 23.8 Å². The predicted molar refractivity (Wildman–Crippen MR) is 101 cm³/mol. The van der Waals surface area contributed by atoms with Crippen LogP contribution in [0.4, 0.5) is 5.69 Å². The fourth-order valence-corrected chi connectivity index (χ4v) is 3.79. The van der Waals surface area contributed by atoms with E-state index in [1.54, 1.807) is 0 Å². The summed E-state index contributed by atoms with van der Waals surface area (Å²) in [5.41, 5.74) is 2.09. The van der Waals surface area contributed by atoms with E-state index in [2.05, 4.69) is 10.3 Å². The van der Waals surface area contributed by atoms with Gasteiger partial charge >= 0.3 is 5.97 Å². The predicted octanol–water partition coefficient (Wildman–Crippen LogP) is 3.44. The maximum atomic E-state index is 12.3. The van der Waals surface area contributed by atoms with Crippen LogP contribution in [-0.2, 0) is 10.5 Å². The number of amides is 1. The van der Waals surface area contributed by atoms with Gasteiger partial charge in [-0.15, -0.1) is 0 Å². The second-order valence-electron chi connectivity index (χ2n) is 6.01. The molecule has 7 heteroatoms. The van der Waals surface area contributed by atoms with E-state index in [0.717, 1.165) is 37.4 Å². The molecule has 2 N–H and O–H groups in total. The summed E-state index contributed by atoms with van der Waals surface area (Å²) < 4.78 is 5.38. The first kappa shape index (κ1) is 18.4. The van der Waals surface area contributed by atoms with Gasteiger partial charge in [0, 0.05) is 36.1 Å². The Morgan fingerprint density at radius 3 is 2.73 bits per heavy atom. The summed E-state index contributed by atoms with van der Waals surface area (Å²) in [6, 6.07) is 10.5. The molecule has 1 aromatic carbocycles. The second-order valence-corrected chi connectivity index (χ2v) is 7.30. The van der Waals surface area contributed by atoms with Crippen LogP contribution in [0.15, 0.2) is 42.6 Å². The molecule has 0 unspecified atom stereocenters. The number of pyridine rings is 1. The summed E-state index contributed by atoms with van der Waals surface area (Å²) >= 11 is 1.92. The standard InChI is InChI=1S/C19H20N2O4S/c22-18(14-4-5-17(19(23)24)20-11-14)21-15-3-1-2-13(10-15)12-26-16-6-8-25-9-7-16/h1-5,10-11,16H,6-9,12H2,(H,21,22)(H,23,24). The number of ether oxygens (including phenoxy) is 1. The van der Waals surface area contributed by atoms with Crippen molar-refractivity contribution in [2.75, 3.05) is 18.5 Å². The number of hydrogen-bond acceptors (Lipinski definition) is 5. The highest BCUT2D eigenvalue weighted by Crippen LogP contribution is 2.26. The second kappa shape index (κ2) is 8.82. The quantitative estimate of drug-likeness (QED) is 0.807. The van der Waals surface area contributed by atoms with E-state index in [-0.39, 0.29) is 11.6 Å². The Morgan fingerprint density at radius 1 is 1.23 bits per heavy atom. The molecule has 0 aliphatic carbocycles. The number of anilines is 1. The number of carboxylic acids is 1. The minimum Gasteiger partial charge on any atom is -0.477 e. The Morgan fingerprint density at radius 2 is 2.04 bits per heavy atom. The van der Waals surface area contributed by atoms with Gasteiger partial charge < -0.3 is 15.2 Å². The molecular formula is C19H20N2O4S. The van der Waals surface area contributed by atoms with E-state index in [9.17, 15) is 9.59 Å². The van der Waals surface area contributed by atoms with E-state index >= 15 is 0 Å². The third-order valence-corrected chi connectivity index (χ3v) is 5.53. The van der Waals surface area contributed by atoms with Crippen molar-refractivity contribution in [3.8, 4) is 0 Å². The van der Waals surface area contributed by atoms with Crippen LogP contribution in [0.3, 0.4) is 0 Å². The lowest BCUT2D eigenvalue weighted by Gasteiger charge is -2.21. The van der Waals surface area contributed by atoms with Gasteiger partial charge in [0.2, 0.25) is 0 Å². The number of benzene rings is 1. The molecule has 0 atom stereocenters. The molecule has 136 valence electrons. The zero-order chi connectivity index (χ0) is 18.4. The minimum atomic E-state index is -1.12. The highest BCUT2D eigenvalue weighted by Gasteiger charge is 2.14. The zero-order valence-corrected chi connectivity index (χ0v) is 15.0. The maximum absolute atomic E-state index is 12.3. The topological polar surface area (TPSA) is 88.5 Å². The van der Waals surface area contributed by atoms with Crippen molar-refractivity contribution in [3.05, 3.63) is 59.4 Å². The first-order valence-electron chi connectivity index (χ1n) is 8.41. The average Bonchev–Trinajstić information content (AvgIpc) is 2.67. The molecule has 6 nitrogen and oxygen atoms in total. The molecular weight excluding hydrogens is 352 g/mol. The van der Waals surface area contributed by atoms with E-state index in [4.69, 9.17) is 9.84 Å². The molecule has 1 amide bonds. The zero-order valence-electron chi connectivity index (χ0n) is 14.2. The molecule has 1 fully saturated rings. The first-order chi connectivity index (χ1) is 12.6. The van der Waals surface area contributed by atoms with E-state index in [1.807, 2.05) is 36.0 Å². The fraction of sp³-hybridized carbons (Fsp3) is 0.316. The van der Waals surface area contributed by atoms with Gasteiger partial charge in [-0.25, -0.2) is 9.78 Å². The SMILES string of the molecule is O=C(Nc1cccc(CSC2CCOCC2)c1)c1ccc(C(=O)O)nc1. The van der Waals surface area contributed by atoms with Crippen LogP contribution in [0.1, 0.15) is 39.3 Å². The molecule has 3 rings (SSSR count). The molecule has 1 aliphatic rings. The Bertz CT molecular complexity index is 773. The number of nitrogens with one attached hydrogen (secondary N) is 1. The van der Waals surface area contributed by atoms with Crippen LogP contribution in [0.25, 0.3) is 0 Å². The van der Waals surface area contributed by atoms with Crippen molar-refractivity contribution in [1.29, 1.82) is 0 Å². The number of thioether (sulfide) groups is 1. The van der Waals surface area contributed by atoms with Crippen LogP contribution in [0, 0.1) is 0 Å². The summed E-state index contributed by atoms with van der Waals surface area (Å²) in [5, 5.41) is 12.3. The van der Waals surface area contributed by atoms with Crippen molar-refractivity contribution >= 4 is 29.3 Å². The number of carbonyl (C=O) groups excluding carboxylic acids is 1. The smallest absolute Gasteiger partial charge is 0.354 e. The number of carboxylic acid groups (broad SMARTS) is 1. The van der Waals surface area contributed by atoms with E-state index in [0.29, 0.717) is 16.5 Å². The number of rotatable bonds is 6. The van der Waals surface area contributed by atoms with Gasteiger partial charge in [0.1, 0.15) is 5.69 Å². The van der Waals surface area contributed by atoms with Gasteiger partial charge in [-0.2, -0.15) is 11.8 Å². The molecule has 1 aliphatic heterocycles. The first-order valence-corrected chi connectivity index (χ1v) is 9.45. The van der Waals surface area contributed by atoms with Gasteiger partial charge in [-0.3, -0.25) is 4.79 Å². The van der Waals surface area contributed by atoms with Crippen molar-refractivity contribution in [2.24, 2.45) is 0 Å². The molecule has 0 radical (unpaired) electrons. The van der Waals surface area contributed by atoms with Crippen molar-refractivity contribution in [1.82, 2.24) is 4.98 Å². The maximum Gasteiger partial charge on any atom is 0.354 e. The Hall–Kier alpha value is -2.38. The minimum absolute atomic E-state index is 0.0892. The Kier molecular flexibility index (Phi) is 6.25. The number of nitrogens with zero attached hydrogens (tertiary/aromatic N) is 1. The number of aromatic nitrogens is 1. The van der Waals surface area contributed by atoms with Gasteiger partial charge in [0.05, 0.1) is 5.56 Å². The summed E-state index contributed by atoms with van der Waals surface area (Å²) in [7, 11) is 0. The van der Waals surface area contributed by atoms with E-state index in [1.165, 1.54) is 18.3 Å². The van der Waals surface area contributed by atoms with Crippen molar-refractivity contribution in [3.63, 3.8) is 0 Å². The van der Waals surface area contributed by atoms with E-state index < -0.39 is 5.97 Å². The Balaban J connectivity index is 1.58. The number of carbonyl (C=O) groups is 2. The summed E-state index contributed by atoms with van der Waals surface area (Å²) in [6.45, 7) is 1.67. The highest BCUT2D eigenvalue weighted by atomic mass is 32.2. The molecule has 2 aromatic rings. The Labute approximate surface area is 156 Å². The average molecular weight is 372 g/mol. The van der Waals surface area contributed by atoms with Gasteiger partial charge in [-0.1, -0.05) is 12.1 Å². The largest absolute Gasteiger partial charge is 0.477 e. The van der Waals surface area contributed by atoms with Gasteiger partial charge in [0.15, 0.2) is 0 Å². The molecule has 0 saturated carbocycles. The van der Waals surface area contributed by atoms with Crippen molar-refractivity contribution < 1.29 is 19.4 Å². The van der Waals surface area contributed by atoms with Gasteiger partial charge in [0.25, 0.3) is 5.91 Å². The third-order valence-electron chi connectivity index (χ3n) is 4.08. The lowest BCUT2D eigenvalue weighted by Crippen LogP contribution is -2.17. The monoisotopic (exact) mass is 372 g/mol. The molecule has 1 saturated heterocycles. The number of hydrogen-bond donors (Lipinski definition) is 2. The highest BCUT2D eigenvalue weighted by molar-refractivity contribution is 7.99. The molecule has 26 heavy (non-hydrogen) atoms. The summed E-state index contributed by atoms with van der Waals surface area (Å²) in [5.74, 6) is -0.543. The van der Waals surface area contributed by atoms with Crippen LogP contribution < -0.4 is 5.32 Å². The normalized spacial score (nSPS) is 14.8. The summed E-state index contributed by atoms with van der Waals surface area (Å²) in [4.78, 5) is 26.9. The molecule has 2 heterocycles. The fourth-order valence-electron chi connectivity index (χ4n) is 2.65. The van der Waals surface area contributed by atoms with Crippen LogP contribution in [0.2, 0.25) is 0 Å².